The number of nitrogens with two attached hydrogens (primary N) is 1. The van der Waals surface area contributed by atoms with Gasteiger partial charge in [0.15, 0.2) is 0 Å². The maximum atomic E-state index is 6.47. The lowest BCUT2D eigenvalue weighted by atomic mass is 9.93. The van der Waals surface area contributed by atoms with Crippen LogP contribution in [-0.4, -0.2) is 49.1 Å². The molecule has 2 rings (SSSR count). The predicted molar refractivity (Wildman–Crippen MR) is 93.4 cm³/mol. The Hall–Kier alpha value is -0.420. The van der Waals surface area contributed by atoms with Gasteiger partial charge in [0.1, 0.15) is 0 Å². The van der Waals surface area contributed by atoms with Crippen LogP contribution in [0.3, 0.4) is 0 Å². The first kappa shape index (κ1) is 16.9. The zero-order valence-electron chi connectivity index (χ0n) is 13.4. The van der Waals surface area contributed by atoms with Crippen LogP contribution < -0.4 is 5.73 Å². The van der Waals surface area contributed by atoms with E-state index in [1.54, 1.807) is 0 Å². The number of rotatable bonds is 5. The van der Waals surface area contributed by atoms with Crippen LogP contribution in [-0.2, 0) is 0 Å². The van der Waals surface area contributed by atoms with Crippen molar-refractivity contribution in [2.75, 3.05) is 27.2 Å². The molecule has 1 aromatic rings. The van der Waals surface area contributed by atoms with E-state index in [4.69, 9.17) is 5.73 Å². The number of likely N-dealkylation sites (tertiary alicyclic amines) is 1. The van der Waals surface area contributed by atoms with Crippen molar-refractivity contribution in [3.63, 3.8) is 0 Å². The standard InChI is InChI=1S/C17H28BrN3/c1-4-16(19)17(13-7-5-8-14(18)11-13)21(3)15-9-6-10-20(2)12-15/h5,7-8,11,15-17H,4,6,9-10,12,19H2,1-3H3. The van der Waals surface area contributed by atoms with Crippen molar-refractivity contribution in [1.29, 1.82) is 0 Å². The highest BCUT2D eigenvalue weighted by atomic mass is 79.9. The SMILES string of the molecule is CCC(N)C(c1cccc(Br)c1)N(C)C1CCCN(C)C1. The van der Waals surface area contributed by atoms with E-state index in [0.717, 1.165) is 17.4 Å². The molecule has 3 unspecified atom stereocenters. The maximum absolute atomic E-state index is 6.47. The fraction of sp³-hybridized carbons (Fsp3) is 0.647. The van der Waals surface area contributed by atoms with Crippen molar-refractivity contribution >= 4 is 15.9 Å². The highest BCUT2D eigenvalue weighted by Crippen LogP contribution is 2.30. The van der Waals surface area contributed by atoms with Gasteiger partial charge in [-0.15, -0.1) is 0 Å². The van der Waals surface area contributed by atoms with Crippen LogP contribution in [0.25, 0.3) is 0 Å². The van der Waals surface area contributed by atoms with Crippen LogP contribution in [0.2, 0.25) is 0 Å². The van der Waals surface area contributed by atoms with Crippen LogP contribution in [0.4, 0.5) is 0 Å². The van der Waals surface area contributed by atoms with E-state index in [2.05, 4.69) is 71.0 Å². The molecule has 0 aliphatic carbocycles. The quantitative estimate of drug-likeness (QED) is 0.881. The molecule has 1 saturated heterocycles. The summed E-state index contributed by atoms with van der Waals surface area (Å²) in [5.41, 5.74) is 7.79. The van der Waals surface area contributed by atoms with Crippen molar-refractivity contribution in [2.24, 2.45) is 5.73 Å². The third-order valence-electron chi connectivity index (χ3n) is 4.68. The first-order valence-electron chi connectivity index (χ1n) is 7.94. The summed E-state index contributed by atoms with van der Waals surface area (Å²) in [6.07, 6.45) is 3.53. The number of piperidine rings is 1. The molecule has 2 N–H and O–H groups in total. The van der Waals surface area contributed by atoms with E-state index in [9.17, 15) is 0 Å². The molecule has 0 aromatic heterocycles. The van der Waals surface area contributed by atoms with Crippen molar-refractivity contribution in [3.8, 4) is 0 Å². The molecule has 1 aliphatic heterocycles. The molecule has 1 heterocycles. The van der Waals surface area contributed by atoms with Crippen molar-refractivity contribution in [3.05, 3.63) is 34.3 Å². The zero-order chi connectivity index (χ0) is 15.4. The smallest absolute Gasteiger partial charge is 0.0499 e. The summed E-state index contributed by atoms with van der Waals surface area (Å²) in [7, 11) is 4.46. The summed E-state index contributed by atoms with van der Waals surface area (Å²) in [5.74, 6) is 0. The molecular weight excluding hydrogens is 326 g/mol. The van der Waals surface area contributed by atoms with E-state index in [0.29, 0.717) is 6.04 Å². The van der Waals surface area contributed by atoms with Crippen molar-refractivity contribution in [2.45, 2.75) is 44.3 Å². The summed E-state index contributed by atoms with van der Waals surface area (Å²) in [6, 6.07) is 9.63. The lowest BCUT2D eigenvalue weighted by Crippen LogP contribution is -2.50. The molecule has 1 aliphatic rings. The van der Waals surface area contributed by atoms with E-state index < -0.39 is 0 Å². The van der Waals surface area contributed by atoms with Crippen LogP contribution in [0.5, 0.6) is 0 Å². The third kappa shape index (κ3) is 4.28. The highest BCUT2D eigenvalue weighted by Gasteiger charge is 2.30. The van der Waals surface area contributed by atoms with Gasteiger partial charge in [0, 0.05) is 29.1 Å². The maximum Gasteiger partial charge on any atom is 0.0499 e. The van der Waals surface area contributed by atoms with Gasteiger partial charge in [0.25, 0.3) is 0 Å². The highest BCUT2D eigenvalue weighted by molar-refractivity contribution is 9.10. The molecule has 3 nitrogen and oxygen atoms in total. The zero-order valence-corrected chi connectivity index (χ0v) is 15.0. The van der Waals surface area contributed by atoms with Crippen molar-refractivity contribution in [1.82, 2.24) is 9.80 Å². The third-order valence-corrected chi connectivity index (χ3v) is 5.17. The van der Waals surface area contributed by atoms with E-state index in [1.807, 2.05) is 0 Å². The monoisotopic (exact) mass is 353 g/mol. The Morgan fingerprint density at radius 1 is 1.48 bits per heavy atom. The molecule has 0 amide bonds. The molecule has 0 saturated carbocycles. The first-order valence-corrected chi connectivity index (χ1v) is 8.73. The summed E-state index contributed by atoms with van der Waals surface area (Å²) in [5, 5.41) is 0. The Morgan fingerprint density at radius 2 is 2.24 bits per heavy atom. The molecule has 1 aromatic carbocycles. The normalized spacial score (nSPS) is 23.2. The minimum Gasteiger partial charge on any atom is -0.326 e. The van der Waals surface area contributed by atoms with Gasteiger partial charge >= 0.3 is 0 Å². The molecule has 1 fully saturated rings. The molecule has 0 bridgehead atoms. The number of likely N-dealkylation sites (N-methyl/N-ethyl adjacent to an activating group) is 2. The Balaban J connectivity index is 2.23. The summed E-state index contributed by atoms with van der Waals surface area (Å²) < 4.78 is 1.13. The van der Waals surface area contributed by atoms with E-state index in [1.165, 1.54) is 24.9 Å². The number of nitrogens with zero attached hydrogens (tertiary/aromatic N) is 2. The number of benzene rings is 1. The fourth-order valence-corrected chi connectivity index (χ4v) is 3.81. The van der Waals surface area contributed by atoms with Gasteiger partial charge in [-0.2, -0.15) is 0 Å². The second kappa shape index (κ2) is 7.73. The van der Waals surface area contributed by atoms with Crippen LogP contribution >= 0.6 is 15.9 Å². The molecule has 118 valence electrons. The molecular formula is C17H28BrN3. The molecule has 4 heteroatoms. The van der Waals surface area contributed by atoms with E-state index >= 15 is 0 Å². The Labute approximate surface area is 137 Å². The van der Waals surface area contributed by atoms with Crippen LogP contribution in [0.15, 0.2) is 28.7 Å². The van der Waals surface area contributed by atoms with E-state index in [-0.39, 0.29) is 12.1 Å². The van der Waals surface area contributed by atoms with Gasteiger partial charge in [0.2, 0.25) is 0 Å². The van der Waals surface area contributed by atoms with Gasteiger partial charge in [-0.05, 0) is 57.6 Å². The summed E-state index contributed by atoms with van der Waals surface area (Å²) in [6.45, 7) is 4.53. The lowest BCUT2D eigenvalue weighted by Gasteiger charge is -2.42. The molecule has 21 heavy (non-hydrogen) atoms. The van der Waals surface area contributed by atoms with Gasteiger partial charge in [-0.3, -0.25) is 4.90 Å². The summed E-state index contributed by atoms with van der Waals surface area (Å²) >= 11 is 3.59. The van der Waals surface area contributed by atoms with Gasteiger partial charge in [0.05, 0.1) is 0 Å². The average molecular weight is 354 g/mol. The van der Waals surface area contributed by atoms with Crippen LogP contribution in [0, 0.1) is 0 Å². The second-order valence-corrected chi connectivity index (χ2v) is 7.21. The van der Waals surface area contributed by atoms with Crippen molar-refractivity contribution < 1.29 is 0 Å². The Bertz CT molecular complexity index is 451. The van der Waals surface area contributed by atoms with Crippen LogP contribution in [0.1, 0.15) is 37.8 Å². The minimum atomic E-state index is 0.163. The molecule has 0 spiro atoms. The molecule has 3 atom stereocenters. The minimum absolute atomic E-state index is 0.163. The number of halogens is 1. The Morgan fingerprint density at radius 3 is 2.86 bits per heavy atom. The first-order chi connectivity index (χ1) is 10.0. The van der Waals surface area contributed by atoms with Gasteiger partial charge in [-0.1, -0.05) is 35.0 Å². The number of hydrogen-bond donors (Lipinski definition) is 1. The number of hydrogen-bond acceptors (Lipinski definition) is 3. The van der Waals surface area contributed by atoms with Gasteiger partial charge < -0.3 is 10.6 Å². The lowest BCUT2D eigenvalue weighted by molar-refractivity contribution is 0.0860. The Kier molecular flexibility index (Phi) is 6.23. The van der Waals surface area contributed by atoms with Gasteiger partial charge in [-0.25, -0.2) is 0 Å². The average Bonchev–Trinajstić information content (AvgIpc) is 2.47. The largest absolute Gasteiger partial charge is 0.326 e. The summed E-state index contributed by atoms with van der Waals surface area (Å²) in [4.78, 5) is 4.94. The molecule has 0 radical (unpaired) electrons. The second-order valence-electron chi connectivity index (χ2n) is 6.30. The topological polar surface area (TPSA) is 32.5 Å². The fourth-order valence-electron chi connectivity index (χ4n) is 3.40. The predicted octanol–water partition coefficient (Wildman–Crippen LogP) is 3.25.